The van der Waals surface area contributed by atoms with Crippen LogP contribution in [0.25, 0.3) is 10.7 Å². The standard InChI is InChI=1S/C16H12ClN5OS2/c1-22-15(13-3-2-6-24-13)20-21-16(22)25-9-14(23)19-12-7-11(17)5-4-10(12)8-18/h2-7H,9H2,1H3,(H,19,23). The van der Waals surface area contributed by atoms with Crippen molar-refractivity contribution >= 4 is 46.3 Å². The monoisotopic (exact) mass is 389 g/mol. The number of benzene rings is 1. The molecule has 0 aliphatic carbocycles. The Balaban J connectivity index is 1.66. The van der Waals surface area contributed by atoms with Crippen molar-refractivity contribution in [3.63, 3.8) is 0 Å². The second-order valence-electron chi connectivity index (χ2n) is 4.98. The first-order chi connectivity index (χ1) is 12.1. The smallest absolute Gasteiger partial charge is 0.234 e. The topological polar surface area (TPSA) is 83.6 Å². The number of nitrogens with zero attached hydrogens (tertiary/aromatic N) is 4. The van der Waals surface area contributed by atoms with E-state index in [1.54, 1.807) is 29.5 Å². The summed E-state index contributed by atoms with van der Waals surface area (Å²) in [5, 5.41) is 23.2. The fourth-order valence-corrected chi connectivity index (χ4v) is 3.72. The van der Waals surface area contributed by atoms with Gasteiger partial charge in [-0.2, -0.15) is 5.26 Å². The minimum atomic E-state index is -0.246. The maximum atomic E-state index is 12.2. The lowest BCUT2D eigenvalue weighted by Crippen LogP contribution is -2.15. The summed E-state index contributed by atoms with van der Waals surface area (Å²) in [6.45, 7) is 0. The van der Waals surface area contributed by atoms with Gasteiger partial charge < -0.3 is 9.88 Å². The molecule has 3 rings (SSSR count). The molecule has 0 aliphatic rings. The summed E-state index contributed by atoms with van der Waals surface area (Å²) in [6, 6.07) is 10.7. The number of aromatic nitrogens is 3. The third kappa shape index (κ3) is 4.02. The van der Waals surface area contributed by atoms with Crippen molar-refractivity contribution in [1.82, 2.24) is 14.8 Å². The number of thioether (sulfide) groups is 1. The molecule has 0 saturated carbocycles. The minimum absolute atomic E-state index is 0.147. The highest BCUT2D eigenvalue weighted by molar-refractivity contribution is 7.99. The first-order valence-electron chi connectivity index (χ1n) is 7.14. The average Bonchev–Trinajstić information content (AvgIpc) is 3.23. The number of halogens is 1. The van der Waals surface area contributed by atoms with Gasteiger partial charge >= 0.3 is 0 Å². The van der Waals surface area contributed by atoms with Crippen LogP contribution in [0.4, 0.5) is 5.69 Å². The Morgan fingerprint density at radius 1 is 1.44 bits per heavy atom. The van der Waals surface area contributed by atoms with Crippen LogP contribution >= 0.6 is 34.7 Å². The van der Waals surface area contributed by atoms with Gasteiger partial charge in [-0.25, -0.2) is 0 Å². The highest BCUT2D eigenvalue weighted by Gasteiger charge is 2.14. The van der Waals surface area contributed by atoms with E-state index >= 15 is 0 Å². The van der Waals surface area contributed by atoms with Gasteiger partial charge in [0.1, 0.15) is 6.07 Å². The Morgan fingerprint density at radius 2 is 2.28 bits per heavy atom. The zero-order chi connectivity index (χ0) is 17.8. The summed E-state index contributed by atoms with van der Waals surface area (Å²) in [5.41, 5.74) is 0.763. The molecule has 1 aromatic carbocycles. The van der Waals surface area contributed by atoms with Crippen LogP contribution in [0.1, 0.15) is 5.56 Å². The van der Waals surface area contributed by atoms with Crippen LogP contribution in [-0.2, 0) is 11.8 Å². The molecule has 0 bridgehead atoms. The number of rotatable bonds is 5. The van der Waals surface area contributed by atoms with Gasteiger partial charge in [-0.1, -0.05) is 29.4 Å². The number of amides is 1. The second-order valence-corrected chi connectivity index (χ2v) is 7.31. The average molecular weight is 390 g/mol. The predicted molar refractivity (Wildman–Crippen MR) is 99.8 cm³/mol. The number of carbonyl (C=O) groups excluding carboxylic acids is 1. The number of thiophene rings is 1. The molecule has 0 saturated heterocycles. The van der Waals surface area contributed by atoms with E-state index in [0.717, 1.165) is 10.7 Å². The quantitative estimate of drug-likeness (QED) is 0.671. The fourth-order valence-electron chi connectivity index (χ4n) is 2.09. The number of anilines is 1. The van der Waals surface area contributed by atoms with Crippen molar-refractivity contribution in [2.75, 3.05) is 11.1 Å². The Labute approximate surface area is 157 Å². The van der Waals surface area contributed by atoms with Crippen molar-refractivity contribution in [2.24, 2.45) is 7.05 Å². The fraction of sp³-hybridized carbons (Fsp3) is 0.125. The van der Waals surface area contributed by atoms with Gasteiger partial charge in [0.25, 0.3) is 0 Å². The van der Waals surface area contributed by atoms with Gasteiger partial charge in [-0.3, -0.25) is 4.79 Å². The van der Waals surface area contributed by atoms with Crippen LogP contribution in [0.2, 0.25) is 5.02 Å². The molecule has 0 radical (unpaired) electrons. The van der Waals surface area contributed by atoms with Crippen molar-refractivity contribution < 1.29 is 4.79 Å². The number of hydrogen-bond donors (Lipinski definition) is 1. The van der Waals surface area contributed by atoms with E-state index < -0.39 is 0 Å². The first kappa shape index (κ1) is 17.5. The van der Waals surface area contributed by atoms with E-state index in [0.29, 0.717) is 21.4 Å². The van der Waals surface area contributed by atoms with Gasteiger partial charge in [-0.15, -0.1) is 21.5 Å². The third-order valence-electron chi connectivity index (χ3n) is 3.28. The Morgan fingerprint density at radius 3 is 3.00 bits per heavy atom. The molecule has 1 N–H and O–H groups in total. The molecule has 3 aromatic rings. The van der Waals surface area contributed by atoms with E-state index in [-0.39, 0.29) is 11.7 Å². The Hall–Kier alpha value is -2.34. The van der Waals surface area contributed by atoms with Crippen molar-refractivity contribution in [1.29, 1.82) is 5.26 Å². The van der Waals surface area contributed by atoms with Crippen LogP contribution in [-0.4, -0.2) is 26.4 Å². The zero-order valence-electron chi connectivity index (χ0n) is 13.1. The zero-order valence-corrected chi connectivity index (χ0v) is 15.5. The van der Waals surface area contributed by atoms with E-state index in [2.05, 4.69) is 15.5 Å². The summed E-state index contributed by atoms with van der Waals surface area (Å²) < 4.78 is 1.85. The minimum Gasteiger partial charge on any atom is -0.324 e. The molecular formula is C16H12ClN5OS2. The van der Waals surface area contributed by atoms with Gasteiger partial charge in [0.05, 0.1) is 21.9 Å². The van der Waals surface area contributed by atoms with Crippen LogP contribution in [0.15, 0.2) is 40.9 Å². The van der Waals surface area contributed by atoms with E-state index in [4.69, 9.17) is 16.9 Å². The van der Waals surface area contributed by atoms with Gasteiger partial charge in [-0.05, 0) is 29.6 Å². The molecule has 0 atom stereocenters. The van der Waals surface area contributed by atoms with E-state index in [9.17, 15) is 4.79 Å². The van der Waals surface area contributed by atoms with Crippen molar-refractivity contribution in [3.05, 3.63) is 46.3 Å². The molecule has 9 heteroatoms. The largest absolute Gasteiger partial charge is 0.324 e. The lowest BCUT2D eigenvalue weighted by Gasteiger charge is -2.07. The molecule has 0 aliphatic heterocycles. The summed E-state index contributed by atoms with van der Waals surface area (Å²) in [7, 11) is 1.86. The van der Waals surface area contributed by atoms with E-state index in [1.807, 2.05) is 35.2 Å². The van der Waals surface area contributed by atoms with Gasteiger partial charge in [0, 0.05) is 12.1 Å². The molecule has 0 unspecified atom stereocenters. The van der Waals surface area contributed by atoms with Crippen LogP contribution in [0.5, 0.6) is 0 Å². The molecule has 126 valence electrons. The molecule has 2 aromatic heterocycles. The normalized spacial score (nSPS) is 10.4. The number of nitriles is 1. The maximum absolute atomic E-state index is 12.2. The van der Waals surface area contributed by atoms with Gasteiger partial charge in [0.15, 0.2) is 11.0 Å². The molecular weight excluding hydrogens is 378 g/mol. The molecule has 0 spiro atoms. The van der Waals surface area contributed by atoms with E-state index in [1.165, 1.54) is 11.8 Å². The summed E-state index contributed by atoms with van der Waals surface area (Å²) in [5.74, 6) is 0.664. The molecule has 25 heavy (non-hydrogen) atoms. The van der Waals surface area contributed by atoms with Crippen LogP contribution in [0, 0.1) is 11.3 Å². The predicted octanol–water partition coefficient (Wildman–Crippen LogP) is 3.80. The van der Waals surface area contributed by atoms with Crippen molar-refractivity contribution in [3.8, 4) is 16.8 Å². The summed E-state index contributed by atoms with van der Waals surface area (Å²) in [4.78, 5) is 13.2. The maximum Gasteiger partial charge on any atom is 0.234 e. The Bertz CT molecular complexity index is 946. The lowest BCUT2D eigenvalue weighted by atomic mass is 10.2. The summed E-state index contributed by atoms with van der Waals surface area (Å²) in [6.07, 6.45) is 0. The number of hydrogen-bond acceptors (Lipinski definition) is 6. The number of carbonyl (C=O) groups is 1. The van der Waals surface area contributed by atoms with Crippen LogP contribution in [0.3, 0.4) is 0 Å². The van der Waals surface area contributed by atoms with Crippen molar-refractivity contribution in [2.45, 2.75) is 5.16 Å². The molecule has 0 fully saturated rings. The highest BCUT2D eigenvalue weighted by atomic mass is 35.5. The second kappa shape index (κ2) is 7.70. The number of nitrogens with one attached hydrogen (secondary N) is 1. The van der Waals surface area contributed by atoms with Gasteiger partial charge in [0.2, 0.25) is 5.91 Å². The molecule has 2 heterocycles. The lowest BCUT2D eigenvalue weighted by molar-refractivity contribution is -0.113. The Kier molecular flexibility index (Phi) is 5.38. The molecule has 1 amide bonds. The summed E-state index contributed by atoms with van der Waals surface area (Å²) >= 11 is 8.77. The molecule has 6 nitrogen and oxygen atoms in total. The highest BCUT2D eigenvalue weighted by Crippen LogP contribution is 2.26. The first-order valence-corrected chi connectivity index (χ1v) is 9.38. The van der Waals surface area contributed by atoms with Crippen LogP contribution < -0.4 is 5.32 Å². The third-order valence-corrected chi connectivity index (χ3v) is 5.41. The SMILES string of the molecule is Cn1c(SCC(=O)Nc2cc(Cl)ccc2C#N)nnc1-c1cccs1.